The molecule has 0 N–H and O–H groups in total. The Morgan fingerprint density at radius 1 is 0.628 bits per heavy atom. The van der Waals surface area contributed by atoms with Crippen molar-refractivity contribution in [1.82, 2.24) is 14.4 Å². The Balaban J connectivity index is 1.11. The van der Waals surface area contributed by atoms with E-state index in [4.69, 9.17) is 4.98 Å². The molecule has 0 unspecified atom stereocenters. The summed E-state index contributed by atoms with van der Waals surface area (Å²) in [5.41, 5.74) is 14.6. The molecule has 0 saturated carbocycles. The number of imidazole rings is 1. The van der Waals surface area contributed by atoms with Crippen LogP contribution in [0.25, 0.3) is 70.6 Å². The summed E-state index contributed by atoms with van der Waals surface area (Å²) in [5, 5.41) is 1.23. The average Bonchev–Trinajstić information content (AvgIpc) is 3.67. The molecule has 4 heteroatoms. The first-order valence-corrected chi connectivity index (χ1v) is 15.5. The molecule has 0 spiro atoms. The van der Waals surface area contributed by atoms with E-state index < -0.39 is 0 Å². The number of hydrogen-bond acceptors (Lipinski definition) is 3. The van der Waals surface area contributed by atoms with Gasteiger partial charge in [0.15, 0.2) is 0 Å². The van der Waals surface area contributed by atoms with E-state index in [0.717, 1.165) is 16.7 Å². The Labute approximate surface area is 253 Å². The molecular formula is C39H27N3S. The van der Waals surface area contributed by atoms with Gasteiger partial charge in [0.05, 0.1) is 0 Å². The fourth-order valence-electron chi connectivity index (χ4n) is 6.83. The zero-order chi connectivity index (χ0) is 28.7. The number of nitrogens with zero attached hydrogens (tertiary/aromatic N) is 3. The Bertz CT molecular complexity index is 2380. The van der Waals surface area contributed by atoms with Crippen LogP contribution in [0.4, 0.5) is 0 Å². The Morgan fingerprint density at radius 2 is 1.30 bits per heavy atom. The van der Waals surface area contributed by atoms with Gasteiger partial charge in [-0.15, -0.1) is 11.3 Å². The Hall–Kier alpha value is -5.06. The third kappa shape index (κ3) is 3.66. The molecule has 1 aliphatic carbocycles. The predicted molar refractivity (Wildman–Crippen MR) is 180 cm³/mol. The van der Waals surface area contributed by atoms with Crippen LogP contribution in [0.15, 0.2) is 128 Å². The minimum atomic E-state index is -0.0986. The van der Waals surface area contributed by atoms with Gasteiger partial charge < -0.3 is 0 Å². The van der Waals surface area contributed by atoms with E-state index in [1.54, 1.807) is 11.3 Å². The van der Waals surface area contributed by atoms with Gasteiger partial charge in [-0.25, -0.2) is 4.98 Å². The second-order valence-electron chi connectivity index (χ2n) is 12.0. The maximum Gasteiger partial charge on any atom is 0.138 e. The number of hydrogen-bond donors (Lipinski definition) is 0. The maximum absolute atomic E-state index is 4.96. The van der Waals surface area contributed by atoms with Crippen molar-refractivity contribution in [2.75, 3.05) is 0 Å². The molecule has 9 rings (SSSR count). The molecule has 0 atom stereocenters. The lowest BCUT2D eigenvalue weighted by molar-refractivity contribution is 0.661. The standard InChI is InChI=1S/C39H27N3S/c1-39(2)33-20-26(12-15-30(33)31-16-13-27(21-34(31)39)28-9-6-18-40-22-28)24-7-5-8-25(19-24)29-14-17-36-41-37-32-10-3-4-11-35(32)43-38(37)42(36)23-29/h3-23H,1-2H3. The molecule has 0 aliphatic heterocycles. The van der Waals surface area contributed by atoms with Crippen LogP contribution in [-0.4, -0.2) is 14.4 Å². The Morgan fingerprint density at radius 3 is 2.07 bits per heavy atom. The van der Waals surface area contributed by atoms with Crippen molar-refractivity contribution in [3.05, 3.63) is 139 Å². The quantitative estimate of drug-likeness (QED) is 0.212. The van der Waals surface area contributed by atoms with E-state index >= 15 is 0 Å². The van der Waals surface area contributed by atoms with Crippen LogP contribution >= 0.6 is 11.3 Å². The highest BCUT2D eigenvalue weighted by Crippen LogP contribution is 2.50. The lowest BCUT2D eigenvalue weighted by Crippen LogP contribution is -2.15. The third-order valence-electron chi connectivity index (χ3n) is 9.12. The SMILES string of the molecule is CC1(C)c2cc(-c3cccnc3)ccc2-c2ccc(-c3cccc(-c4ccc5nc6c7ccccc7sc6n5c4)c3)cc21. The van der Waals surface area contributed by atoms with Crippen LogP contribution in [0.2, 0.25) is 0 Å². The minimum absolute atomic E-state index is 0.0986. The molecule has 204 valence electrons. The normalized spacial score (nSPS) is 13.5. The largest absolute Gasteiger partial charge is 0.290 e. The van der Waals surface area contributed by atoms with E-state index in [-0.39, 0.29) is 5.41 Å². The van der Waals surface area contributed by atoms with Gasteiger partial charge >= 0.3 is 0 Å². The van der Waals surface area contributed by atoms with Crippen LogP contribution in [0, 0.1) is 0 Å². The average molecular weight is 570 g/mol. The fraction of sp³-hybridized carbons (Fsp3) is 0.0769. The first kappa shape index (κ1) is 24.5. The predicted octanol–water partition coefficient (Wildman–Crippen LogP) is 10.4. The summed E-state index contributed by atoms with van der Waals surface area (Å²) >= 11 is 1.80. The molecule has 1 aliphatic rings. The van der Waals surface area contributed by atoms with E-state index in [9.17, 15) is 0 Å². The van der Waals surface area contributed by atoms with Crippen LogP contribution in [0.5, 0.6) is 0 Å². The highest BCUT2D eigenvalue weighted by Gasteiger charge is 2.35. The van der Waals surface area contributed by atoms with Crippen molar-refractivity contribution >= 4 is 37.4 Å². The summed E-state index contributed by atoms with van der Waals surface area (Å²) in [7, 11) is 0. The van der Waals surface area contributed by atoms with Crippen molar-refractivity contribution in [2.45, 2.75) is 19.3 Å². The van der Waals surface area contributed by atoms with Gasteiger partial charge in [-0.2, -0.15) is 0 Å². The molecule has 43 heavy (non-hydrogen) atoms. The second kappa shape index (κ2) is 8.97. The number of aromatic nitrogens is 3. The molecule has 4 heterocycles. The minimum Gasteiger partial charge on any atom is -0.290 e. The van der Waals surface area contributed by atoms with E-state index in [1.165, 1.54) is 65.0 Å². The highest BCUT2D eigenvalue weighted by atomic mass is 32.1. The number of pyridine rings is 2. The summed E-state index contributed by atoms with van der Waals surface area (Å²) in [6.07, 6.45) is 6.01. The number of thiophene rings is 1. The summed E-state index contributed by atoms with van der Waals surface area (Å²) in [4.78, 5) is 10.5. The lowest BCUT2D eigenvalue weighted by Gasteiger charge is -2.22. The molecule has 0 fully saturated rings. The number of benzene rings is 4. The molecule has 0 radical (unpaired) electrons. The molecule has 0 amide bonds. The van der Waals surface area contributed by atoms with Crippen LogP contribution < -0.4 is 0 Å². The second-order valence-corrected chi connectivity index (χ2v) is 13.0. The van der Waals surface area contributed by atoms with Gasteiger partial charge in [-0.3, -0.25) is 9.38 Å². The topological polar surface area (TPSA) is 30.2 Å². The summed E-state index contributed by atoms with van der Waals surface area (Å²) in [6, 6.07) is 39.8. The lowest BCUT2D eigenvalue weighted by atomic mass is 9.81. The van der Waals surface area contributed by atoms with Gasteiger partial charge in [0, 0.05) is 34.1 Å². The van der Waals surface area contributed by atoms with Gasteiger partial charge in [-0.05, 0) is 98.1 Å². The van der Waals surface area contributed by atoms with Crippen LogP contribution in [0.1, 0.15) is 25.0 Å². The summed E-state index contributed by atoms with van der Waals surface area (Å²) in [5.74, 6) is 0. The smallest absolute Gasteiger partial charge is 0.138 e. The van der Waals surface area contributed by atoms with E-state index in [0.29, 0.717) is 0 Å². The van der Waals surface area contributed by atoms with Crippen molar-refractivity contribution in [3.8, 4) is 44.5 Å². The van der Waals surface area contributed by atoms with Crippen molar-refractivity contribution in [3.63, 3.8) is 0 Å². The molecule has 4 aromatic heterocycles. The van der Waals surface area contributed by atoms with Gasteiger partial charge in [0.2, 0.25) is 0 Å². The number of fused-ring (bicyclic) bond motifs is 8. The third-order valence-corrected chi connectivity index (χ3v) is 10.3. The van der Waals surface area contributed by atoms with Gasteiger partial charge in [0.1, 0.15) is 16.0 Å². The Kier molecular flexibility index (Phi) is 5.12. The summed E-state index contributed by atoms with van der Waals surface area (Å²) < 4.78 is 3.52. The zero-order valence-electron chi connectivity index (χ0n) is 23.9. The van der Waals surface area contributed by atoms with Crippen molar-refractivity contribution in [1.29, 1.82) is 0 Å². The van der Waals surface area contributed by atoms with Crippen LogP contribution in [-0.2, 0) is 5.41 Å². The maximum atomic E-state index is 4.96. The van der Waals surface area contributed by atoms with Crippen molar-refractivity contribution < 1.29 is 0 Å². The van der Waals surface area contributed by atoms with Crippen LogP contribution in [0.3, 0.4) is 0 Å². The molecule has 0 bridgehead atoms. The molecular weight excluding hydrogens is 543 g/mol. The monoisotopic (exact) mass is 569 g/mol. The number of rotatable bonds is 3. The molecule has 4 aromatic carbocycles. The molecule has 8 aromatic rings. The summed E-state index contributed by atoms with van der Waals surface area (Å²) in [6.45, 7) is 4.69. The van der Waals surface area contributed by atoms with E-state index in [1.807, 2.05) is 18.5 Å². The fourth-order valence-corrected chi connectivity index (χ4v) is 7.96. The zero-order valence-corrected chi connectivity index (χ0v) is 24.7. The molecule has 0 saturated heterocycles. The highest BCUT2D eigenvalue weighted by molar-refractivity contribution is 7.25. The first-order chi connectivity index (χ1) is 21.0. The van der Waals surface area contributed by atoms with E-state index in [2.05, 4.69) is 133 Å². The first-order valence-electron chi connectivity index (χ1n) is 14.6. The van der Waals surface area contributed by atoms with Gasteiger partial charge in [0.25, 0.3) is 0 Å². The van der Waals surface area contributed by atoms with Crippen molar-refractivity contribution in [2.24, 2.45) is 0 Å². The van der Waals surface area contributed by atoms with Gasteiger partial charge in [-0.1, -0.05) is 80.6 Å². The molecule has 3 nitrogen and oxygen atoms in total.